The van der Waals surface area contributed by atoms with E-state index in [2.05, 4.69) is 17.2 Å². The Hall–Kier alpha value is -2.35. The molecule has 2 rings (SSSR count). The highest BCUT2D eigenvalue weighted by atomic mass is 19.1. The van der Waals surface area contributed by atoms with Crippen molar-refractivity contribution in [2.75, 3.05) is 6.54 Å². The molecular weight excluding hydrogens is 247 g/mol. The maximum Gasteiger partial charge on any atom is 0.326 e. The third-order valence-corrected chi connectivity index (χ3v) is 3.11. The van der Waals surface area contributed by atoms with Gasteiger partial charge in [0, 0.05) is 0 Å². The zero-order valence-corrected chi connectivity index (χ0v) is 10.7. The molecule has 4 nitrogen and oxygen atoms in total. The number of amides is 3. The predicted molar refractivity (Wildman–Crippen MR) is 67.4 cm³/mol. The number of nitrogens with zero attached hydrogens (tertiary/aromatic N) is 1. The molecule has 1 saturated heterocycles. The first kappa shape index (κ1) is 13.1. The van der Waals surface area contributed by atoms with Gasteiger partial charge in [0.1, 0.15) is 11.4 Å². The first-order valence-electron chi connectivity index (χ1n) is 5.79. The zero-order valence-electron chi connectivity index (χ0n) is 10.7. The van der Waals surface area contributed by atoms with Crippen LogP contribution < -0.4 is 5.32 Å². The summed E-state index contributed by atoms with van der Waals surface area (Å²) >= 11 is 0. The summed E-state index contributed by atoms with van der Waals surface area (Å²) in [6.45, 7) is 3.29. The third-order valence-electron chi connectivity index (χ3n) is 3.11. The van der Waals surface area contributed by atoms with Gasteiger partial charge in [0.15, 0.2) is 0 Å². The van der Waals surface area contributed by atoms with E-state index < -0.39 is 17.4 Å². The number of carbonyl (C=O) groups excluding carboxylic acids is 2. The summed E-state index contributed by atoms with van der Waals surface area (Å²) in [6, 6.07) is 5.01. The molecule has 1 atom stereocenters. The van der Waals surface area contributed by atoms with Crippen molar-refractivity contribution in [2.24, 2.45) is 0 Å². The Bertz CT molecular complexity index is 586. The van der Waals surface area contributed by atoms with E-state index in [0.717, 1.165) is 4.90 Å². The molecule has 1 aliphatic heterocycles. The third kappa shape index (κ3) is 2.17. The Morgan fingerprint density at radius 1 is 1.32 bits per heavy atom. The summed E-state index contributed by atoms with van der Waals surface area (Å²) in [4.78, 5) is 25.2. The number of urea groups is 1. The van der Waals surface area contributed by atoms with Crippen LogP contribution >= 0.6 is 0 Å². The molecule has 1 unspecified atom stereocenters. The minimum atomic E-state index is -1.17. The lowest BCUT2D eigenvalue weighted by Gasteiger charge is -2.21. The summed E-state index contributed by atoms with van der Waals surface area (Å²) in [5.74, 6) is 4.55. The Kier molecular flexibility index (Phi) is 3.26. The summed E-state index contributed by atoms with van der Waals surface area (Å²) in [5.41, 5.74) is -0.626. The predicted octanol–water partition coefficient (Wildman–Crippen LogP) is 1.62. The maximum atomic E-state index is 12.9. The maximum absolute atomic E-state index is 12.9. The minimum absolute atomic E-state index is 0.0535. The molecule has 3 amide bonds. The van der Waals surface area contributed by atoms with Crippen molar-refractivity contribution < 1.29 is 14.0 Å². The van der Waals surface area contributed by atoms with Crippen LogP contribution in [0.4, 0.5) is 9.18 Å². The first-order valence-corrected chi connectivity index (χ1v) is 5.79. The summed E-state index contributed by atoms with van der Waals surface area (Å²) < 4.78 is 12.9. The van der Waals surface area contributed by atoms with Gasteiger partial charge in [-0.15, -0.1) is 5.92 Å². The van der Waals surface area contributed by atoms with Gasteiger partial charge < -0.3 is 5.32 Å². The molecule has 0 aromatic heterocycles. The second-order valence-corrected chi connectivity index (χ2v) is 4.38. The fourth-order valence-corrected chi connectivity index (χ4v) is 1.98. The van der Waals surface area contributed by atoms with Gasteiger partial charge in [-0.2, -0.15) is 0 Å². The van der Waals surface area contributed by atoms with E-state index in [-0.39, 0.29) is 12.5 Å². The lowest BCUT2D eigenvalue weighted by molar-refractivity contribution is -0.130. The Morgan fingerprint density at radius 2 is 1.95 bits per heavy atom. The first-order chi connectivity index (χ1) is 8.99. The molecule has 1 fully saturated rings. The van der Waals surface area contributed by atoms with E-state index in [1.165, 1.54) is 24.3 Å². The largest absolute Gasteiger partial charge is 0.326 e. The number of halogens is 1. The summed E-state index contributed by atoms with van der Waals surface area (Å²) in [6.07, 6.45) is 0. The number of benzene rings is 1. The van der Waals surface area contributed by atoms with Crippen molar-refractivity contribution in [3.8, 4) is 11.8 Å². The van der Waals surface area contributed by atoms with Gasteiger partial charge in [-0.1, -0.05) is 18.1 Å². The van der Waals surface area contributed by atoms with Crippen molar-refractivity contribution in [1.82, 2.24) is 10.2 Å². The molecule has 0 spiro atoms. The van der Waals surface area contributed by atoms with E-state index in [1.54, 1.807) is 13.8 Å². The number of nitrogens with one attached hydrogen (secondary N) is 1. The average molecular weight is 260 g/mol. The van der Waals surface area contributed by atoms with Crippen LogP contribution in [0.25, 0.3) is 0 Å². The van der Waals surface area contributed by atoms with Crippen molar-refractivity contribution in [2.45, 2.75) is 19.4 Å². The monoisotopic (exact) mass is 260 g/mol. The standard InChI is InChI=1S/C14H13FN2O2/c1-3-4-9-17-12(18)14(2,16-13(17)19)10-5-7-11(15)8-6-10/h5-8H,9H2,1-2H3,(H,16,19). The van der Waals surface area contributed by atoms with Gasteiger partial charge >= 0.3 is 6.03 Å². The van der Waals surface area contributed by atoms with Crippen molar-refractivity contribution in [1.29, 1.82) is 0 Å². The van der Waals surface area contributed by atoms with E-state index in [9.17, 15) is 14.0 Å². The van der Waals surface area contributed by atoms with Crippen molar-refractivity contribution in [3.63, 3.8) is 0 Å². The molecule has 1 aromatic rings. The summed E-state index contributed by atoms with van der Waals surface area (Å²) in [7, 11) is 0. The van der Waals surface area contributed by atoms with E-state index in [1.807, 2.05) is 0 Å². The molecule has 1 aliphatic rings. The second kappa shape index (κ2) is 4.73. The van der Waals surface area contributed by atoms with Crippen LogP contribution in [0.5, 0.6) is 0 Å². The highest BCUT2D eigenvalue weighted by Crippen LogP contribution is 2.28. The van der Waals surface area contributed by atoms with Gasteiger partial charge in [-0.3, -0.25) is 9.69 Å². The molecule has 1 aromatic carbocycles. The number of carbonyl (C=O) groups is 2. The molecule has 0 radical (unpaired) electrons. The molecule has 0 bridgehead atoms. The lowest BCUT2D eigenvalue weighted by Crippen LogP contribution is -2.40. The Balaban J connectivity index is 2.34. The van der Waals surface area contributed by atoms with E-state index in [0.29, 0.717) is 5.56 Å². The van der Waals surface area contributed by atoms with Gasteiger partial charge in [0.25, 0.3) is 5.91 Å². The second-order valence-electron chi connectivity index (χ2n) is 4.38. The quantitative estimate of drug-likeness (QED) is 0.649. The lowest BCUT2D eigenvalue weighted by atomic mass is 9.92. The van der Waals surface area contributed by atoms with Gasteiger partial charge in [0.05, 0.1) is 6.54 Å². The smallest absolute Gasteiger partial charge is 0.319 e. The molecule has 1 heterocycles. The van der Waals surface area contributed by atoms with Crippen LogP contribution in [0.3, 0.4) is 0 Å². The fraction of sp³-hybridized carbons (Fsp3) is 0.286. The molecule has 19 heavy (non-hydrogen) atoms. The molecule has 98 valence electrons. The van der Waals surface area contributed by atoms with Crippen LogP contribution in [0.1, 0.15) is 19.4 Å². The number of hydrogen-bond acceptors (Lipinski definition) is 2. The average Bonchev–Trinajstić information content (AvgIpc) is 2.60. The van der Waals surface area contributed by atoms with Crippen LogP contribution in [0.2, 0.25) is 0 Å². The highest BCUT2D eigenvalue weighted by molar-refractivity contribution is 6.07. The van der Waals surface area contributed by atoms with Crippen molar-refractivity contribution in [3.05, 3.63) is 35.6 Å². The van der Waals surface area contributed by atoms with Gasteiger partial charge in [-0.05, 0) is 31.5 Å². The SMILES string of the molecule is CC#CCN1C(=O)NC(C)(c2ccc(F)cc2)C1=O. The minimum Gasteiger partial charge on any atom is -0.319 e. The van der Waals surface area contributed by atoms with Crippen LogP contribution in [0.15, 0.2) is 24.3 Å². The van der Waals surface area contributed by atoms with E-state index >= 15 is 0 Å². The molecule has 5 heteroatoms. The van der Waals surface area contributed by atoms with Crippen LogP contribution in [-0.4, -0.2) is 23.4 Å². The molecular formula is C14H13FN2O2. The molecule has 1 N–H and O–H groups in total. The highest BCUT2D eigenvalue weighted by Gasteiger charge is 2.48. The molecule has 0 aliphatic carbocycles. The van der Waals surface area contributed by atoms with Crippen molar-refractivity contribution >= 4 is 11.9 Å². The topological polar surface area (TPSA) is 49.4 Å². The number of hydrogen-bond donors (Lipinski definition) is 1. The van der Waals surface area contributed by atoms with Crippen LogP contribution in [-0.2, 0) is 10.3 Å². The normalized spacial score (nSPS) is 21.9. The summed E-state index contributed by atoms with van der Waals surface area (Å²) in [5, 5.41) is 2.62. The molecule has 0 saturated carbocycles. The Labute approximate surface area is 110 Å². The van der Waals surface area contributed by atoms with Gasteiger partial charge in [-0.25, -0.2) is 9.18 Å². The fourth-order valence-electron chi connectivity index (χ4n) is 1.98. The van der Waals surface area contributed by atoms with E-state index in [4.69, 9.17) is 0 Å². The van der Waals surface area contributed by atoms with Gasteiger partial charge in [0.2, 0.25) is 0 Å². The zero-order chi connectivity index (χ0) is 14.0. The number of imide groups is 1. The number of rotatable bonds is 2. The Morgan fingerprint density at radius 3 is 2.53 bits per heavy atom. The van der Waals surface area contributed by atoms with Crippen LogP contribution in [0, 0.1) is 17.7 Å².